The van der Waals surface area contributed by atoms with Crippen molar-refractivity contribution in [2.45, 2.75) is 19.3 Å². The summed E-state index contributed by atoms with van der Waals surface area (Å²) in [6, 6.07) is 10.9. The van der Waals surface area contributed by atoms with Crippen LogP contribution in [0.2, 0.25) is 0 Å². The monoisotopic (exact) mass is 460 g/mol. The van der Waals surface area contributed by atoms with Crippen LogP contribution < -0.4 is 14.4 Å². The molecule has 0 spiro atoms. The van der Waals surface area contributed by atoms with E-state index in [-0.39, 0.29) is 11.4 Å². The Morgan fingerprint density at radius 1 is 1.06 bits per heavy atom. The normalized spacial score (nSPS) is 10.8. The van der Waals surface area contributed by atoms with Gasteiger partial charge in [-0.05, 0) is 31.0 Å². The van der Waals surface area contributed by atoms with Crippen LogP contribution in [-0.2, 0) is 7.05 Å². The van der Waals surface area contributed by atoms with Crippen molar-refractivity contribution in [3.05, 3.63) is 54.7 Å². The summed E-state index contributed by atoms with van der Waals surface area (Å²) in [5, 5.41) is 13.1. The summed E-state index contributed by atoms with van der Waals surface area (Å²) >= 11 is 0. The van der Waals surface area contributed by atoms with E-state index in [1.807, 2.05) is 31.4 Å². The van der Waals surface area contributed by atoms with Crippen molar-refractivity contribution in [2.75, 3.05) is 25.7 Å². The second-order valence-corrected chi connectivity index (χ2v) is 7.76. The van der Waals surface area contributed by atoms with Crippen molar-refractivity contribution >= 4 is 22.5 Å². The summed E-state index contributed by atoms with van der Waals surface area (Å²) in [6.07, 6.45) is 7.27. The molecule has 0 fully saturated rings. The maximum absolute atomic E-state index is 15.4. The fourth-order valence-corrected chi connectivity index (χ4v) is 3.73. The minimum absolute atomic E-state index is 0.0812. The molecule has 0 unspecified atom stereocenters. The number of aryl methyl sites for hydroxylation is 1. The van der Waals surface area contributed by atoms with Gasteiger partial charge in [-0.25, -0.2) is 9.37 Å². The lowest BCUT2D eigenvalue weighted by molar-refractivity contribution is 0.374. The number of unbranched alkanes of at least 4 members (excludes halogenated alkanes) is 2. The first kappa shape index (κ1) is 23.0. The predicted molar refractivity (Wildman–Crippen MR) is 128 cm³/mol. The first-order valence-electron chi connectivity index (χ1n) is 10.9. The summed E-state index contributed by atoms with van der Waals surface area (Å²) < 4.78 is 27.7. The fourth-order valence-electron chi connectivity index (χ4n) is 3.73. The van der Waals surface area contributed by atoms with Crippen LogP contribution in [0.5, 0.6) is 11.5 Å². The lowest BCUT2D eigenvalue weighted by Gasteiger charge is -2.25. The molecule has 0 N–H and O–H groups in total. The van der Waals surface area contributed by atoms with Crippen LogP contribution in [-0.4, -0.2) is 40.5 Å². The minimum Gasteiger partial charge on any atom is -0.497 e. The second kappa shape index (κ2) is 10.2. The zero-order valence-corrected chi connectivity index (χ0v) is 19.3. The minimum atomic E-state index is -0.507. The highest BCUT2D eigenvalue weighted by atomic mass is 19.1. The maximum atomic E-state index is 15.4. The van der Waals surface area contributed by atoms with Gasteiger partial charge in [-0.2, -0.15) is 10.4 Å². The third-order valence-electron chi connectivity index (χ3n) is 5.50. The fraction of sp³-hybridized carbons (Fsp3) is 0.280. The molecule has 4 rings (SSSR count). The second-order valence-electron chi connectivity index (χ2n) is 7.76. The number of anilines is 2. The highest BCUT2D eigenvalue weighted by Crippen LogP contribution is 2.37. The van der Waals surface area contributed by atoms with E-state index in [0.717, 1.165) is 16.6 Å². The van der Waals surface area contributed by atoms with Gasteiger partial charge in [0.05, 0.1) is 43.2 Å². The molecule has 0 saturated carbocycles. The number of nitrogens with zero attached hydrogens (tertiary/aromatic N) is 6. The molecule has 0 aliphatic rings. The molecule has 0 aliphatic carbocycles. The molecule has 9 heteroatoms. The zero-order chi connectivity index (χ0) is 24.1. The number of aromatic nitrogens is 4. The van der Waals surface area contributed by atoms with Crippen molar-refractivity contribution in [2.24, 2.45) is 7.05 Å². The standard InChI is InChI=1S/C25H25FN6O2/c1-31-16-18(15-29-31)17-11-21-20(28-14-17)7-8-24(30-21)32(10-6-4-5-9-27)22-12-19(33-2)13-23(34-3)25(22)26/h7-8,11-16H,4-6,10H2,1-3H3. The highest BCUT2D eigenvalue weighted by Gasteiger charge is 2.21. The number of hydrogen-bond donors (Lipinski definition) is 0. The number of methoxy groups -OCH3 is 2. The van der Waals surface area contributed by atoms with Gasteiger partial charge in [0, 0.05) is 55.7 Å². The van der Waals surface area contributed by atoms with E-state index in [1.165, 1.54) is 20.3 Å². The van der Waals surface area contributed by atoms with Gasteiger partial charge in [0.15, 0.2) is 11.6 Å². The number of rotatable bonds is 9. The molecule has 0 amide bonds. The lowest BCUT2D eigenvalue weighted by atomic mass is 10.1. The Morgan fingerprint density at radius 3 is 2.62 bits per heavy atom. The summed E-state index contributed by atoms with van der Waals surface area (Å²) in [5.74, 6) is 0.603. The number of halogens is 1. The first-order chi connectivity index (χ1) is 16.5. The molecular formula is C25H25FN6O2. The Labute approximate surface area is 197 Å². The largest absolute Gasteiger partial charge is 0.497 e. The van der Waals surface area contributed by atoms with Crippen molar-refractivity contribution in [3.8, 4) is 28.7 Å². The Bertz CT molecular complexity index is 1350. The Morgan fingerprint density at radius 2 is 1.91 bits per heavy atom. The molecule has 0 atom stereocenters. The highest BCUT2D eigenvalue weighted by molar-refractivity contribution is 5.82. The molecule has 8 nitrogen and oxygen atoms in total. The van der Waals surface area contributed by atoms with Crippen LogP contribution in [0.4, 0.5) is 15.9 Å². The van der Waals surface area contributed by atoms with E-state index >= 15 is 4.39 Å². The van der Waals surface area contributed by atoms with Crippen molar-refractivity contribution in [1.82, 2.24) is 19.7 Å². The van der Waals surface area contributed by atoms with E-state index in [4.69, 9.17) is 19.7 Å². The number of fused-ring (bicyclic) bond motifs is 1. The van der Waals surface area contributed by atoms with Crippen LogP contribution in [0, 0.1) is 17.1 Å². The van der Waals surface area contributed by atoms with Crippen molar-refractivity contribution in [1.29, 1.82) is 5.26 Å². The summed E-state index contributed by atoms with van der Waals surface area (Å²) in [6.45, 7) is 0.461. The van der Waals surface area contributed by atoms with Crippen LogP contribution in [0.3, 0.4) is 0 Å². The van der Waals surface area contributed by atoms with Gasteiger partial charge in [-0.1, -0.05) is 0 Å². The third kappa shape index (κ3) is 4.76. The third-order valence-corrected chi connectivity index (χ3v) is 5.50. The predicted octanol–water partition coefficient (Wildman–Crippen LogP) is 5.02. The van der Waals surface area contributed by atoms with Crippen LogP contribution in [0.25, 0.3) is 22.2 Å². The SMILES string of the molecule is COc1cc(OC)c(F)c(N(CCCCC#N)c2ccc3ncc(-c4cnn(C)c4)cc3n2)c1. The quantitative estimate of drug-likeness (QED) is 0.324. The number of pyridine rings is 2. The molecule has 0 bridgehead atoms. The topological polar surface area (TPSA) is 89.1 Å². The van der Waals surface area contributed by atoms with E-state index < -0.39 is 5.82 Å². The van der Waals surface area contributed by atoms with Gasteiger partial charge < -0.3 is 14.4 Å². The molecule has 3 aromatic heterocycles. The van der Waals surface area contributed by atoms with Gasteiger partial charge in [0.2, 0.25) is 0 Å². The number of benzene rings is 1. The van der Waals surface area contributed by atoms with Gasteiger partial charge >= 0.3 is 0 Å². The number of ether oxygens (including phenoxy) is 2. The van der Waals surface area contributed by atoms with Gasteiger partial charge in [0.1, 0.15) is 11.6 Å². The molecule has 0 saturated heterocycles. The summed E-state index contributed by atoms with van der Waals surface area (Å²) in [5.41, 5.74) is 3.51. The molecule has 0 aliphatic heterocycles. The molecule has 3 heterocycles. The molecule has 4 aromatic rings. The van der Waals surface area contributed by atoms with E-state index in [0.29, 0.717) is 42.9 Å². The maximum Gasteiger partial charge on any atom is 0.188 e. The number of hydrogen-bond acceptors (Lipinski definition) is 7. The van der Waals surface area contributed by atoms with Crippen molar-refractivity contribution in [3.63, 3.8) is 0 Å². The lowest BCUT2D eigenvalue weighted by Crippen LogP contribution is -2.21. The summed E-state index contributed by atoms with van der Waals surface area (Å²) in [7, 11) is 4.79. The van der Waals surface area contributed by atoms with E-state index in [1.54, 1.807) is 28.0 Å². The van der Waals surface area contributed by atoms with Crippen LogP contribution in [0.15, 0.2) is 48.9 Å². The Balaban J connectivity index is 1.79. The van der Waals surface area contributed by atoms with Crippen LogP contribution >= 0.6 is 0 Å². The van der Waals surface area contributed by atoms with Gasteiger partial charge in [-0.3, -0.25) is 9.67 Å². The van der Waals surface area contributed by atoms with Crippen LogP contribution in [0.1, 0.15) is 19.3 Å². The zero-order valence-electron chi connectivity index (χ0n) is 19.3. The van der Waals surface area contributed by atoms with E-state index in [9.17, 15) is 0 Å². The average Bonchev–Trinajstić information content (AvgIpc) is 3.30. The first-order valence-corrected chi connectivity index (χ1v) is 10.9. The molecule has 1 aromatic carbocycles. The summed E-state index contributed by atoms with van der Waals surface area (Å²) in [4.78, 5) is 11.1. The van der Waals surface area contributed by atoms with E-state index in [2.05, 4.69) is 16.2 Å². The average molecular weight is 461 g/mol. The molecule has 174 valence electrons. The smallest absolute Gasteiger partial charge is 0.188 e. The molecule has 0 radical (unpaired) electrons. The van der Waals surface area contributed by atoms with Gasteiger partial charge in [0.25, 0.3) is 0 Å². The van der Waals surface area contributed by atoms with Gasteiger partial charge in [-0.15, -0.1) is 0 Å². The van der Waals surface area contributed by atoms with Crippen molar-refractivity contribution < 1.29 is 13.9 Å². The number of nitriles is 1. The molecule has 34 heavy (non-hydrogen) atoms. The Hall–Kier alpha value is -4.19. The Kier molecular flexibility index (Phi) is 6.87. The molecular weight excluding hydrogens is 435 g/mol.